The minimum atomic E-state index is -0.476. The summed E-state index contributed by atoms with van der Waals surface area (Å²) in [6.07, 6.45) is 4.58. The lowest BCUT2D eigenvalue weighted by atomic mass is 10.1. The number of carbonyl (C=O) groups excluding carboxylic acids is 1. The van der Waals surface area contributed by atoms with Crippen molar-refractivity contribution in [1.82, 2.24) is 4.90 Å². The molecule has 0 aromatic heterocycles. The van der Waals surface area contributed by atoms with E-state index in [9.17, 15) is 14.9 Å². The number of amides is 2. The molecule has 2 aromatic rings. The molecule has 1 fully saturated rings. The zero-order valence-electron chi connectivity index (χ0n) is 21.2. The summed E-state index contributed by atoms with van der Waals surface area (Å²) >= 11 is 13.3. The maximum absolute atomic E-state index is 14.1. The average Bonchev–Trinajstić information content (AvgIpc) is 2.88. The van der Waals surface area contributed by atoms with Crippen LogP contribution in [0.2, 0.25) is 10.0 Å². The second-order valence-corrected chi connectivity index (χ2v) is 8.90. The monoisotopic (exact) mass is 546 g/mol. The van der Waals surface area contributed by atoms with Crippen molar-refractivity contribution in [2.75, 3.05) is 25.7 Å². The van der Waals surface area contributed by atoms with E-state index in [1.165, 1.54) is 36.2 Å². The zero-order chi connectivity index (χ0) is 27.3. The van der Waals surface area contributed by atoms with Gasteiger partial charge in [-0.15, -0.1) is 0 Å². The van der Waals surface area contributed by atoms with Crippen LogP contribution in [0.5, 0.6) is 11.5 Å². The predicted molar refractivity (Wildman–Crippen MR) is 146 cm³/mol. The van der Waals surface area contributed by atoms with Gasteiger partial charge in [0.2, 0.25) is 0 Å². The van der Waals surface area contributed by atoms with Crippen LogP contribution < -0.4 is 14.4 Å². The molecule has 3 rings (SSSR count). The Hall–Kier alpha value is -3.56. The topological polar surface area (TPSA) is 97.5 Å². The van der Waals surface area contributed by atoms with E-state index in [0.717, 1.165) is 17.7 Å². The minimum Gasteiger partial charge on any atom is -0.495 e. The van der Waals surface area contributed by atoms with E-state index < -0.39 is 11.0 Å². The number of allylic oxidation sites excluding steroid dienone is 3. The summed E-state index contributed by atoms with van der Waals surface area (Å²) in [5.74, 6) is 1.03. The Balaban J connectivity index is 2.21. The number of nitrogens with zero attached hydrogens (tertiary/aromatic N) is 4. The number of benzene rings is 2. The smallest absolute Gasteiger partial charge is 0.330 e. The van der Waals surface area contributed by atoms with E-state index >= 15 is 0 Å². The standard InChI is InChI=1S/C26H28Cl2N4O5/c1-6-9-16(3)29-25-18(7-2)15-30(24-22(27)20(36-4)13-21(37-5)23(24)28)26(33)31(25)14-17-10-8-11-19(12-17)32(34)35/h7-13H,6,14-15H2,1-5H3/b16-9+,18-7-,29-25-. The number of nitro groups is 1. The fourth-order valence-electron chi connectivity index (χ4n) is 3.96. The highest BCUT2D eigenvalue weighted by atomic mass is 35.5. The molecule has 0 atom stereocenters. The van der Waals surface area contributed by atoms with Crippen LogP contribution in [0.15, 0.2) is 58.7 Å². The number of nitro benzene ring substituents is 1. The molecule has 0 radical (unpaired) electrons. The number of ether oxygens (including phenoxy) is 2. The highest BCUT2D eigenvalue weighted by Gasteiger charge is 2.38. The third kappa shape index (κ3) is 5.89. The SMILES string of the molecule is C/C=C1/CN(c2c(Cl)c(OC)cc(OC)c2Cl)C(=O)N(Cc2cccc([N+](=O)[O-])c2)/C1=N\C(C)=C\CC. The number of hydrogen-bond acceptors (Lipinski definition) is 6. The van der Waals surface area contributed by atoms with E-state index in [-0.39, 0.29) is 34.5 Å². The molecule has 0 bridgehead atoms. The molecule has 196 valence electrons. The van der Waals surface area contributed by atoms with Gasteiger partial charge in [0.05, 0.1) is 37.9 Å². The molecule has 11 heteroatoms. The van der Waals surface area contributed by atoms with Gasteiger partial charge in [-0.1, -0.05) is 54.4 Å². The number of amidine groups is 1. The number of anilines is 1. The van der Waals surface area contributed by atoms with E-state index in [1.807, 2.05) is 32.9 Å². The Labute approximate surface area is 225 Å². The Morgan fingerprint density at radius 1 is 1.19 bits per heavy atom. The molecule has 0 saturated carbocycles. The van der Waals surface area contributed by atoms with Crippen molar-refractivity contribution in [3.63, 3.8) is 0 Å². The Morgan fingerprint density at radius 2 is 1.84 bits per heavy atom. The minimum absolute atomic E-state index is 0.0307. The Morgan fingerprint density at radius 3 is 2.38 bits per heavy atom. The number of methoxy groups -OCH3 is 2. The predicted octanol–water partition coefficient (Wildman–Crippen LogP) is 7.02. The molecule has 37 heavy (non-hydrogen) atoms. The van der Waals surface area contributed by atoms with Gasteiger partial charge in [0.1, 0.15) is 27.4 Å². The Kier molecular flexibility index (Phi) is 9.18. The van der Waals surface area contributed by atoms with Crippen LogP contribution >= 0.6 is 23.2 Å². The van der Waals surface area contributed by atoms with Gasteiger partial charge in [-0.25, -0.2) is 9.79 Å². The zero-order valence-corrected chi connectivity index (χ0v) is 22.8. The van der Waals surface area contributed by atoms with Crippen molar-refractivity contribution in [2.24, 2.45) is 4.99 Å². The summed E-state index contributed by atoms with van der Waals surface area (Å²) < 4.78 is 10.8. The molecule has 1 saturated heterocycles. The molecule has 1 aliphatic heterocycles. The lowest BCUT2D eigenvalue weighted by Crippen LogP contribution is -2.53. The summed E-state index contributed by atoms with van der Waals surface area (Å²) in [5, 5.41) is 11.6. The van der Waals surface area contributed by atoms with E-state index in [2.05, 4.69) is 0 Å². The summed E-state index contributed by atoms with van der Waals surface area (Å²) in [5.41, 5.74) is 2.19. The van der Waals surface area contributed by atoms with Gasteiger partial charge < -0.3 is 9.47 Å². The number of non-ortho nitro benzene ring substituents is 1. The number of aliphatic imine (C=N–C) groups is 1. The Bertz CT molecular complexity index is 1280. The van der Waals surface area contributed by atoms with Crippen molar-refractivity contribution in [3.8, 4) is 11.5 Å². The van der Waals surface area contributed by atoms with Gasteiger partial charge in [-0.05, 0) is 25.8 Å². The molecule has 1 aliphatic rings. The van der Waals surface area contributed by atoms with E-state index in [4.69, 9.17) is 37.7 Å². The van der Waals surface area contributed by atoms with Crippen LogP contribution in [-0.4, -0.2) is 42.5 Å². The first-order chi connectivity index (χ1) is 17.7. The summed E-state index contributed by atoms with van der Waals surface area (Å²) in [6.45, 7) is 5.86. The highest BCUT2D eigenvalue weighted by Crippen LogP contribution is 2.47. The quantitative estimate of drug-likeness (QED) is 0.261. The maximum atomic E-state index is 14.1. The van der Waals surface area contributed by atoms with Crippen LogP contribution in [0, 0.1) is 10.1 Å². The lowest BCUT2D eigenvalue weighted by molar-refractivity contribution is -0.384. The first-order valence-electron chi connectivity index (χ1n) is 11.5. The molecular weight excluding hydrogens is 519 g/mol. The van der Waals surface area contributed by atoms with Gasteiger partial charge in [0.15, 0.2) is 0 Å². The number of urea groups is 1. The number of hydrogen-bond donors (Lipinski definition) is 0. The van der Waals surface area contributed by atoms with Crippen molar-refractivity contribution < 1.29 is 19.2 Å². The highest BCUT2D eigenvalue weighted by molar-refractivity contribution is 6.42. The van der Waals surface area contributed by atoms with E-state index in [0.29, 0.717) is 22.9 Å². The lowest BCUT2D eigenvalue weighted by Gasteiger charge is -2.39. The number of carbonyl (C=O) groups is 1. The van der Waals surface area contributed by atoms with Crippen LogP contribution in [-0.2, 0) is 6.54 Å². The number of halogens is 2. The summed E-state index contributed by atoms with van der Waals surface area (Å²) in [7, 11) is 2.91. The molecular formula is C26H28Cl2N4O5. The summed E-state index contributed by atoms with van der Waals surface area (Å²) in [4.78, 5) is 32.6. The first-order valence-corrected chi connectivity index (χ1v) is 12.3. The largest absolute Gasteiger partial charge is 0.495 e. The second kappa shape index (κ2) is 12.1. The van der Waals surface area contributed by atoms with Crippen molar-refractivity contribution in [2.45, 2.75) is 33.7 Å². The van der Waals surface area contributed by atoms with Gasteiger partial charge in [0.25, 0.3) is 5.69 Å². The normalized spacial score (nSPS) is 16.5. The molecule has 2 amide bonds. The van der Waals surface area contributed by atoms with Crippen LogP contribution in [0.25, 0.3) is 0 Å². The molecule has 2 aromatic carbocycles. The van der Waals surface area contributed by atoms with Crippen molar-refractivity contribution in [1.29, 1.82) is 0 Å². The van der Waals surface area contributed by atoms with Crippen molar-refractivity contribution in [3.05, 3.63) is 79.5 Å². The maximum Gasteiger partial charge on any atom is 0.330 e. The molecule has 0 N–H and O–H groups in total. The van der Waals surface area contributed by atoms with Crippen LogP contribution in [0.1, 0.15) is 32.8 Å². The third-order valence-corrected chi connectivity index (χ3v) is 6.48. The average molecular weight is 547 g/mol. The van der Waals surface area contributed by atoms with Gasteiger partial charge in [0, 0.05) is 29.5 Å². The fourth-order valence-corrected chi connectivity index (χ4v) is 4.66. The molecule has 9 nitrogen and oxygen atoms in total. The molecule has 1 heterocycles. The first kappa shape index (κ1) is 28.0. The van der Waals surface area contributed by atoms with Crippen LogP contribution in [0.3, 0.4) is 0 Å². The molecule has 0 spiro atoms. The second-order valence-electron chi connectivity index (χ2n) is 8.14. The summed E-state index contributed by atoms with van der Waals surface area (Å²) in [6, 6.07) is 7.22. The van der Waals surface area contributed by atoms with E-state index in [1.54, 1.807) is 18.2 Å². The van der Waals surface area contributed by atoms with Crippen LogP contribution in [0.4, 0.5) is 16.2 Å². The third-order valence-electron chi connectivity index (χ3n) is 5.75. The van der Waals surface area contributed by atoms with Gasteiger partial charge in [-0.2, -0.15) is 0 Å². The fraction of sp³-hybridized carbons (Fsp3) is 0.308. The molecule has 0 aliphatic carbocycles. The number of rotatable bonds is 8. The van der Waals surface area contributed by atoms with Crippen molar-refractivity contribution >= 4 is 46.4 Å². The van der Waals surface area contributed by atoms with Gasteiger partial charge in [-0.3, -0.25) is 19.9 Å². The molecule has 0 unspecified atom stereocenters. The van der Waals surface area contributed by atoms with Gasteiger partial charge >= 0.3 is 6.03 Å².